The summed E-state index contributed by atoms with van der Waals surface area (Å²) in [4.78, 5) is 11.5. The molecular weight excluding hydrogens is 378 g/mol. The molecule has 0 heterocycles. The molecule has 1 fully saturated rings. The van der Waals surface area contributed by atoms with Gasteiger partial charge in [0.05, 0.1) is 12.7 Å². The number of hydrogen-bond acceptors (Lipinski definition) is 4. The van der Waals surface area contributed by atoms with Gasteiger partial charge in [0.2, 0.25) is 0 Å². The van der Waals surface area contributed by atoms with Crippen molar-refractivity contribution in [2.75, 3.05) is 7.11 Å². The van der Waals surface area contributed by atoms with Crippen LogP contribution >= 0.6 is 11.6 Å². The second kappa shape index (κ2) is 8.13. The molecule has 2 aromatic carbocycles. The Labute approximate surface area is 161 Å². The summed E-state index contributed by atoms with van der Waals surface area (Å²) in [6, 6.07) is 8.04. The molecule has 144 valence electrons. The molecule has 2 aromatic rings. The van der Waals surface area contributed by atoms with Crippen LogP contribution in [-0.2, 0) is 11.3 Å². The van der Waals surface area contributed by atoms with Crippen molar-refractivity contribution in [1.29, 1.82) is 0 Å². The normalized spacial score (nSPS) is 13.6. The van der Waals surface area contributed by atoms with Crippen molar-refractivity contribution in [3.63, 3.8) is 0 Å². The largest absolute Gasteiger partial charge is 0.513 e. The van der Waals surface area contributed by atoms with E-state index in [9.17, 15) is 13.6 Å². The van der Waals surface area contributed by atoms with Gasteiger partial charge in [-0.3, -0.25) is 0 Å². The lowest BCUT2D eigenvalue weighted by molar-refractivity contribution is 0.120. The number of halogens is 3. The lowest BCUT2D eigenvalue weighted by Crippen LogP contribution is -2.11. The van der Waals surface area contributed by atoms with E-state index in [1.54, 1.807) is 19.1 Å². The van der Waals surface area contributed by atoms with Gasteiger partial charge in [0.1, 0.15) is 18.1 Å². The second-order valence-corrected chi connectivity index (χ2v) is 6.79. The number of carbonyl (C=O) groups excluding carboxylic acids is 1. The van der Waals surface area contributed by atoms with Crippen molar-refractivity contribution in [2.24, 2.45) is 0 Å². The molecular formula is C20H19ClF2O4. The summed E-state index contributed by atoms with van der Waals surface area (Å²) in [5.74, 6) is 0.652. The van der Waals surface area contributed by atoms with Crippen LogP contribution in [0.2, 0.25) is 5.02 Å². The molecule has 1 aliphatic rings. The Kier molecular flexibility index (Phi) is 5.85. The third kappa shape index (κ3) is 4.50. The van der Waals surface area contributed by atoms with Crippen molar-refractivity contribution < 1.29 is 27.8 Å². The first kappa shape index (κ1) is 19.4. The molecule has 7 heteroatoms. The molecule has 1 aliphatic carbocycles. The Hall–Kier alpha value is -2.34. The summed E-state index contributed by atoms with van der Waals surface area (Å²) in [6.45, 7) is 1.63. The molecule has 0 radical (unpaired) electrons. The van der Waals surface area contributed by atoms with Gasteiger partial charge in [-0.2, -0.15) is 0 Å². The van der Waals surface area contributed by atoms with Gasteiger partial charge in [-0.15, -0.1) is 0 Å². The Morgan fingerprint density at radius 1 is 1.26 bits per heavy atom. The van der Waals surface area contributed by atoms with E-state index in [0.29, 0.717) is 27.8 Å². The number of benzene rings is 2. The maximum atomic E-state index is 13.4. The van der Waals surface area contributed by atoms with Crippen LogP contribution in [-0.4, -0.2) is 13.3 Å². The number of ether oxygens (including phenoxy) is 3. The lowest BCUT2D eigenvalue weighted by atomic mass is 10.0. The topological polar surface area (TPSA) is 44.8 Å². The minimum atomic E-state index is -2.69. The molecule has 0 unspecified atom stereocenters. The number of alkyl halides is 2. The fourth-order valence-electron chi connectivity index (χ4n) is 2.87. The van der Waals surface area contributed by atoms with Crippen LogP contribution in [0.4, 0.5) is 13.6 Å². The Morgan fingerprint density at radius 2 is 2.00 bits per heavy atom. The lowest BCUT2D eigenvalue weighted by Gasteiger charge is -2.17. The third-order valence-corrected chi connectivity index (χ3v) is 4.85. The van der Waals surface area contributed by atoms with Gasteiger partial charge >= 0.3 is 6.16 Å². The molecule has 0 saturated heterocycles. The second-order valence-electron chi connectivity index (χ2n) is 6.38. The molecule has 0 spiro atoms. The highest BCUT2D eigenvalue weighted by Crippen LogP contribution is 2.44. The van der Waals surface area contributed by atoms with E-state index in [4.69, 9.17) is 21.1 Å². The van der Waals surface area contributed by atoms with E-state index in [1.807, 2.05) is 6.07 Å². The summed E-state index contributed by atoms with van der Waals surface area (Å²) in [5, 5.41) is 0.343. The Balaban J connectivity index is 1.91. The van der Waals surface area contributed by atoms with Crippen LogP contribution < -0.4 is 9.47 Å². The first-order chi connectivity index (χ1) is 12.9. The van der Waals surface area contributed by atoms with Crippen molar-refractivity contribution in [1.82, 2.24) is 0 Å². The first-order valence-corrected chi connectivity index (χ1v) is 8.87. The fraction of sp³-hybridized carbons (Fsp3) is 0.350. The Morgan fingerprint density at radius 3 is 2.63 bits per heavy atom. The summed E-state index contributed by atoms with van der Waals surface area (Å²) in [7, 11) is 1.21. The third-order valence-electron chi connectivity index (χ3n) is 4.44. The molecule has 0 N–H and O–H groups in total. The molecule has 0 atom stereocenters. The molecule has 0 aromatic heterocycles. The molecule has 0 amide bonds. The van der Waals surface area contributed by atoms with Crippen LogP contribution in [0.5, 0.6) is 11.5 Å². The minimum Gasteiger partial charge on any atom is -0.488 e. The standard InChI is InChI=1S/C20H19ClF2O4/c1-11-8-14(19(22)23)18(9-16(11)21)26-10-15-13(12-6-7-12)4-3-5-17(15)27-20(24)25-2/h3-5,8-9,12,19H,6-7,10H2,1-2H3. The number of hydrogen-bond donors (Lipinski definition) is 0. The van der Waals surface area contributed by atoms with E-state index in [1.165, 1.54) is 19.2 Å². The number of carbonyl (C=O) groups is 1. The highest BCUT2D eigenvalue weighted by atomic mass is 35.5. The van der Waals surface area contributed by atoms with Crippen molar-refractivity contribution >= 4 is 17.8 Å². The van der Waals surface area contributed by atoms with E-state index in [0.717, 1.165) is 18.4 Å². The minimum absolute atomic E-state index is 0.00946. The number of aryl methyl sites for hydroxylation is 1. The summed E-state index contributed by atoms with van der Waals surface area (Å²) in [5.41, 5.74) is 1.94. The molecule has 0 aliphatic heterocycles. The van der Waals surface area contributed by atoms with Crippen LogP contribution in [0.15, 0.2) is 30.3 Å². The highest BCUT2D eigenvalue weighted by Gasteiger charge is 2.28. The summed E-state index contributed by atoms with van der Waals surface area (Å²) >= 11 is 6.07. The maximum absolute atomic E-state index is 13.4. The SMILES string of the molecule is COC(=O)Oc1cccc(C2CC2)c1COc1cc(Cl)c(C)cc1C(F)F. The van der Waals surface area contributed by atoms with Crippen molar-refractivity contribution in [3.8, 4) is 11.5 Å². The van der Waals surface area contributed by atoms with Gasteiger partial charge in [-0.25, -0.2) is 13.6 Å². The zero-order valence-corrected chi connectivity index (χ0v) is 15.7. The van der Waals surface area contributed by atoms with Crippen LogP contribution in [0.3, 0.4) is 0 Å². The van der Waals surface area contributed by atoms with Crippen molar-refractivity contribution in [2.45, 2.75) is 38.7 Å². The van der Waals surface area contributed by atoms with Gasteiger partial charge in [0.15, 0.2) is 0 Å². The van der Waals surface area contributed by atoms with Crippen molar-refractivity contribution in [3.05, 3.63) is 57.6 Å². The average Bonchev–Trinajstić information content (AvgIpc) is 3.47. The van der Waals surface area contributed by atoms with Gasteiger partial charge in [0.25, 0.3) is 6.43 Å². The van der Waals surface area contributed by atoms with E-state index >= 15 is 0 Å². The predicted octanol–water partition coefficient (Wildman–Crippen LogP) is 6.19. The predicted molar refractivity (Wildman–Crippen MR) is 96.9 cm³/mol. The van der Waals surface area contributed by atoms with E-state index in [2.05, 4.69) is 4.74 Å². The first-order valence-electron chi connectivity index (χ1n) is 8.49. The molecule has 0 bridgehead atoms. The maximum Gasteiger partial charge on any atom is 0.513 e. The summed E-state index contributed by atoms with van der Waals surface area (Å²) < 4.78 is 42.2. The molecule has 3 rings (SSSR count). The van der Waals surface area contributed by atoms with Gasteiger partial charge in [-0.05, 0) is 55.0 Å². The van der Waals surface area contributed by atoms with Crippen LogP contribution in [0, 0.1) is 6.92 Å². The molecule has 1 saturated carbocycles. The van der Waals surface area contributed by atoms with Crippen LogP contribution in [0.1, 0.15) is 47.4 Å². The zero-order chi connectivity index (χ0) is 19.6. The van der Waals surface area contributed by atoms with Crippen LogP contribution in [0.25, 0.3) is 0 Å². The highest BCUT2D eigenvalue weighted by molar-refractivity contribution is 6.31. The smallest absolute Gasteiger partial charge is 0.488 e. The van der Waals surface area contributed by atoms with E-state index in [-0.39, 0.29) is 17.9 Å². The van der Waals surface area contributed by atoms with Gasteiger partial charge in [-0.1, -0.05) is 23.7 Å². The van der Waals surface area contributed by atoms with Gasteiger partial charge < -0.3 is 14.2 Å². The fourth-order valence-corrected chi connectivity index (χ4v) is 3.03. The average molecular weight is 397 g/mol. The molecule has 4 nitrogen and oxygen atoms in total. The number of rotatable bonds is 6. The summed E-state index contributed by atoms with van der Waals surface area (Å²) in [6.07, 6.45) is -1.50. The van der Waals surface area contributed by atoms with Gasteiger partial charge in [0, 0.05) is 10.6 Å². The van der Waals surface area contributed by atoms with E-state index < -0.39 is 12.6 Å². The monoisotopic (exact) mass is 396 g/mol. The molecule has 27 heavy (non-hydrogen) atoms. The zero-order valence-electron chi connectivity index (χ0n) is 14.9. The Bertz CT molecular complexity index is 850. The quantitative estimate of drug-likeness (QED) is 0.431. The number of methoxy groups -OCH3 is 1.